The summed E-state index contributed by atoms with van der Waals surface area (Å²) >= 11 is 12.3. The van der Waals surface area contributed by atoms with Crippen LogP contribution in [0.5, 0.6) is 0 Å². The molecule has 0 radical (unpaired) electrons. The normalized spacial score (nSPS) is 10.7. The highest BCUT2D eigenvalue weighted by Gasteiger charge is 2.11. The molecule has 1 heterocycles. The number of benzene rings is 1. The third-order valence-electron chi connectivity index (χ3n) is 3.35. The summed E-state index contributed by atoms with van der Waals surface area (Å²) in [5.74, 6) is 1.46. The molecule has 0 bridgehead atoms. The van der Waals surface area contributed by atoms with Crippen molar-refractivity contribution in [3.8, 4) is 0 Å². The number of aromatic nitrogens is 2. The van der Waals surface area contributed by atoms with Gasteiger partial charge in [0.25, 0.3) is 0 Å². The Morgan fingerprint density at radius 1 is 1.09 bits per heavy atom. The van der Waals surface area contributed by atoms with E-state index in [9.17, 15) is 0 Å². The molecule has 0 atom stereocenters. The lowest BCUT2D eigenvalue weighted by atomic mass is 10.3. The molecule has 0 aliphatic heterocycles. The van der Waals surface area contributed by atoms with Gasteiger partial charge in [-0.05, 0) is 31.9 Å². The highest BCUT2D eigenvalue weighted by Crippen LogP contribution is 2.31. The number of nitrogens with one attached hydrogen (secondary N) is 1. The minimum atomic E-state index is 0.472. The quantitative estimate of drug-likeness (QED) is 0.717. The van der Waals surface area contributed by atoms with Gasteiger partial charge in [0.1, 0.15) is 5.82 Å². The number of nitrogens with zero attached hydrogens (tertiary/aromatic N) is 3. The minimum absolute atomic E-state index is 0.472. The second kappa shape index (κ2) is 8.37. The Labute approximate surface area is 147 Å². The summed E-state index contributed by atoms with van der Waals surface area (Å²) in [5, 5.41) is 4.14. The van der Waals surface area contributed by atoms with E-state index in [0.717, 1.165) is 37.4 Å². The molecule has 2 rings (SSSR count). The molecule has 0 amide bonds. The standard InChI is InChI=1S/C17H22Cl2N4/c1-4-9-23(10-5-2)15-11-12(3)20-17(22-15)21-14-8-6-7-13(18)16(14)19/h6-8,11H,4-5,9-10H2,1-3H3,(H,20,21,22). The number of hydrogen-bond donors (Lipinski definition) is 1. The summed E-state index contributed by atoms with van der Waals surface area (Å²) in [6, 6.07) is 7.46. The molecule has 1 aromatic carbocycles. The van der Waals surface area contributed by atoms with Crippen molar-refractivity contribution in [2.75, 3.05) is 23.3 Å². The van der Waals surface area contributed by atoms with E-state index in [2.05, 4.69) is 34.0 Å². The van der Waals surface area contributed by atoms with Crippen molar-refractivity contribution in [2.24, 2.45) is 0 Å². The Morgan fingerprint density at radius 3 is 2.43 bits per heavy atom. The second-order valence-corrected chi connectivity index (χ2v) is 6.19. The number of hydrogen-bond acceptors (Lipinski definition) is 4. The van der Waals surface area contributed by atoms with Crippen molar-refractivity contribution in [3.63, 3.8) is 0 Å². The molecule has 0 aliphatic rings. The van der Waals surface area contributed by atoms with Gasteiger partial charge in [-0.3, -0.25) is 0 Å². The van der Waals surface area contributed by atoms with Crippen molar-refractivity contribution in [1.82, 2.24) is 9.97 Å². The number of rotatable bonds is 7. The van der Waals surface area contributed by atoms with Crippen molar-refractivity contribution in [2.45, 2.75) is 33.6 Å². The van der Waals surface area contributed by atoms with Gasteiger partial charge in [-0.15, -0.1) is 0 Å². The van der Waals surface area contributed by atoms with Crippen LogP contribution in [0.3, 0.4) is 0 Å². The first-order valence-corrected chi connectivity index (χ1v) is 8.62. The summed E-state index contributed by atoms with van der Waals surface area (Å²) in [7, 11) is 0. The van der Waals surface area contributed by atoms with Gasteiger partial charge in [0, 0.05) is 24.8 Å². The Balaban J connectivity index is 2.31. The Kier molecular flexibility index (Phi) is 6.48. The second-order valence-electron chi connectivity index (χ2n) is 5.40. The van der Waals surface area contributed by atoms with Crippen LogP contribution in [-0.4, -0.2) is 23.1 Å². The summed E-state index contributed by atoms with van der Waals surface area (Å²) in [6.45, 7) is 8.25. The zero-order valence-electron chi connectivity index (χ0n) is 13.7. The third kappa shape index (κ3) is 4.72. The molecule has 0 unspecified atom stereocenters. The highest BCUT2D eigenvalue weighted by atomic mass is 35.5. The topological polar surface area (TPSA) is 41.1 Å². The zero-order chi connectivity index (χ0) is 16.8. The largest absolute Gasteiger partial charge is 0.356 e. The minimum Gasteiger partial charge on any atom is -0.356 e. The third-order valence-corrected chi connectivity index (χ3v) is 4.17. The molecule has 2 aromatic rings. The smallest absolute Gasteiger partial charge is 0.229 e. The maximum absolute atomic E-state index is 6.22. The average Bonchev–Trinajstić information content (AvgIpc) is 2.51. The van der Waals surface area contributed by atoms with Crippen LogP contribution in [0, 0.1) is 6.92 Å². The molecular formula is C17H22Cl2N4. The van der Waals surface area contributed by atoms with E-state index in [-0.39, 0.29) is 0 Å². The lowest BCUT2D eigenvalue weighted by Gasteiger charge is -2.23. The van der Waals surface area contributed by atoms with Crippen LogP contribution in [0.25, 0.3) is 0 Å². The summed E-state index contributed by atoms with van der Waals surface area (Å²) in [6.07, 6.45) is 2.15. The van der Waals surface area contributed by atoms with E-state index >= 15 is 0 Å². The molecule has 23 heavy (non-hydrogen) atoms. The van der Waals surface area contributed by atoms with Gasteiger partial charge in [0.05, 0.1) is 15.7 Å². The first-order valence-electron chi connectivity index (χ1n) is 7.86. The SMILES string of the molecule is CCCN(CCC)c1cc(C)nc(Nc2cccc(Cl)c2Cl)n1. The molecule has 0 fully saturated rings. The van der Waals surface area contributed by atoms with Crippen LogP contribution < -0.4 is 10.2 Å². The maximum Gasteiger partial charge on any atom is 0.229 e. The van der Waals surface area contributed by atoms with E-state index in [0.29, 0.717) is 21.7 Å². The van der Waals surface area contributed by atoms with E-state index in [1.165, 1.54) is 0 Å². The van der Waals surface area contributed by atoms with Crippen molar-refractivity contribution >= 4 is 40.7 Å². The van der Waals surface area contributed by atoms with Gasteiger partial charge in [0.15, 0.2) is 0 Å². The molecule has 124 valence electrons. The fraction of sp³-hybridized carbons (Fsp3) is 0.412. The van der Waals surface area contributed by atoms with E-state index < -0.39 is 0 Å². The molecule has 1 aromatic heterocycles. The van der Waals surface area contributed by atoms with Gasteiger partial charge in [0.2, 0.25) is 5.95 Å². The number of aryl methyl sites for hydroxylation is 1. The first kappa shape index (κ1) is 17.8. The number of anilines is 3. The zero-order valence-corrected chi connectivity index (χ0v) is 15.2. The van der Waals surface area contributed by atoms with Crippen LogP contribution in [0.15, 0.2) is 24.3 Å². The van der Waals surface area contributed by atoms with Crippen LogP contribution >= 0.6 is 23.2 Å². The molecule has 4 nitrogen and oxygen atoms in total. The Bertz CT molecular complexity index is 655. The Hall–Kier alpha value is -1.52. The average molecular weight is 353 g/mol. The fourth-order valence-corrected chi connectivity index (χ4v) is 2.72. The van der Waals surface area contributed by atoms with E-state index in [1.807, 2.05) is 25.1 Å². The highest BCUT2D eigenvalue weighted by molar-refractivity contribution is 6.43. The Morgan fingerprint density at radius 2 is 1.78 bits per heavy atom. The molecular weight excluding hydrogens is 331 g/mol. The van der Waals surface area contributed by atoms with Crippen molar-refractivity contribution < 1.29 is 0 Å². The van der Waals surface area contributed by atoms with Crippen LogP contribution in [0.1, 0.15) is 32.4 Å². The molecule has 0 aliphatic carbocycles. The summed E-state index contributed by atoms with van der Waals surface area (Å²) < 4.78 is 0. The van der Waals surface area contributed by atoms with E-state index in [1.54, 1.807) is 6.07 Å². The molecule has 1 N–H and O–H groups in total. The van der Waals surface area contributed by atoms with Gasteiger partial charge >= 0.3 is 0 Å². The van der Waals surface area contributed by atoms with Crippen LogP contribution in [0.4, 0.5) is 17.5 Å². The number of halogens is 2. The molecule has 0 saturated heterocycles. The van der Waals surface area contributed by atoms with Crippen LogP contribution in [0.2, 0.25) is 10.0 Å². The lowest BCUT2D eigenvalue weighted by Crippen LogP contribution is -2.26. The molecule has 6 heteroatoms. The predicted molar refractivity (Wildman–Crippen MR) is 99.3 cm³/mol. The van der Waals surface area contributed by atoms with Crippen LogP contribution in [-0.2, 0) is 0 Å². The maximum atomic E-state index is 6.22. The van der Waals surface area contributed by atoms with Gasteiger partial charge < -0.3 is 10.2 Å². The van der Waals surface area contributed by atoms with Crippen molar-refractivity contribution in [3.05, 3.63) is 40.0 Å². The van der Waals surface area contributed by atoms with Gasteiger partial charge in [-0.25, -0.2) is 4.98 Å². The monoisotopic (exact) mass is 352 g/mol. The summed E-state index contributed by atoms with van der Waals surface area (Å²) in [5.41, 5.74) is 1.61. The van der Waals surface area contributed by atoms with E-state index in [4.69, 9.17) is 23.2 Å². The van der Waals surface area contributed by atoms with Gasteiger partial charge in [-0.2, -0.15) is 4.98 Å². The molecule has 0 saturated carbocycles. The first-order chi connectivity index (χ1) is 11.0. The van der Waals surface area contributed by atoms with Gasteiger partial charge in [-0.1, -0.05) is 43.1 Å². The molecule has 0 spiro atoms. The lowest BCUT2D eigenvalue weighted by molar-refractivity contribution is 0.732. The fourth-order valence-electron chi connectivity index (χ4n) is 2.37. The van der Waals surface area contributed by atoms with Crippen molar-refractivity contribution in [1.29, 1.82) is 0 Å². The predicted octanol–water partition coefficient (Wildman–Crippen LogP) is 5.46. The summed E-state index contributed by atoms with van der Waals surface area (Å²) in [4.78, 5) is 11.4.